The predicted molar refractivity (Wildman–Crippen MR) is 84.5 cm³/mol. The molecule has 1 N–H and O–H groups in total. The van der Waals surface area contributed by atoms with Crippen LogP contribution < -0.4 is 5.43 Å². The quantitative estimate of drug-likeness (QED) is 0.588. The molecule has 0 saturated heterocycles. The number of fused-ring (bicyclic) bond motifs is 1. The Kier molecular flexibility index (Phi) is 3.43. The molecule has 0 spiro atoms. The van der Waals surface area contributed by atoms with Crippen molar-refractivity contribution in [3.63, 3.8) is 0 Å². The van der Waals surface area contributed by atoms with Gasteiger partial charge in [0.2, 0.25) is 0 Å². The summed E-state index contributed by atoms with van der Waals surface area (Å²) in [5.41, 5.74) is 5.27. The van der Waals surface area contributed by atoms with Crippen molar-refractivity contribution in [2.75, 3.05) is 5.43 Å². The molecule has 3 rings (SSSR count). The summed E-state index contributed by atoms with van der Waals surface area (Å²) in [5.74, 6) is 0.754. The average Bonchev–Trinajstić information content (AvgIpc) is 2.76. The summed E-state index contributed by atoms with van der Waals surface area (Å²) >= 11 is 1.68. The standard InChI is InChI=1S/C15H14N4S/c1-10-11(2)20-15-13(10)14(16-9-17-15)19-18-8-12-6-4-3-5-7-12/h3-9H,1-2H3,(H,16,17,19)/b18-8+. The van der Waals surface area contributed by atoms with Gasteiger partial charge in [0.15, 0.2) is 5.82 Å². The Bertz CT molecular complexity index is 762. The molecule has 100 valence electrons. The Morgan fingerprint density at radius 1 is 1.15 bits per heavy atom. The van der Waals surface area contributed by atoms with E-state index in [1.165, 1.54) is 10.4 Å². The number of aryl methyl sites for hydroxylation is 2. The molecule has 0 aliphatic carbocycles. The maximum atomic E-state index is 4.31. The third-order valence-corrected chi connectivity index (χ3v) is 4.26. The number of nitrogens with zero attached hydrogens (tertiary/aromatic N) is 3. The largest absolute Gasteiger partial charge is 0.261 e. The molecule has 0 fully saturated rings. The number of anilines is 1. The lowest BCUT2D eigenvalue weighted by atomic mass is 10.2. The number of hydrogen-bond acceptors (Lipinski definition) is 5. The van der Waals surface area contributed by atoms with Crippen LogP contribution in [0.5, 0.6) is 0 Å². The highest BCUT2D eigenvalue weighted by atomic mass is 32.1. The molecule has 0 bridgehead atoms. The molecule has 0 radical (unpaired) electrons. The highest BCUT2D eigenvalue weighted by molar-refractivity contribution is 7.18. The van der Waals surface area contributed by atoms with Crippen LogP contribution in [0, 0.1) is 13.8 Å². The molecule has 0 atom stereocenters. The van der Waals surface area contributed by atoms with Gasteiger partial charge in [-0.15, -0.1) is 11.3 Å². The number of aromatic nitrogens is 2. The third-order valence-electron chi connectivity index (χ3n) is 3.15. The van der Waals surface area contributed by atoms with E-state index < -0.39 is 0 Å². The van der Waals surface area contributed by atoms with Gasteiger partial charge in [0, 0.05) is 4.88 Å². The summed E-state index contributed by atoms with van der Waals surface area (Å²) in [4.78, 5) is 10.8. The fraction of sp³-hybridized carbons (Fsp3) is 0.133. The van der Waals surface area contributed by atoms with Crippen LogP contribution in [0.25, 0.3) is 10.2 Å². The molecule has 2 aromatic heterocycles. The van der Waals surface area contributed by atoms with Crippen LogP contribution >= 0.6 is 11.3 Å². The van der Waals surface area contributed by atoms with Crippen molar-refractivity contribution in [1.82, 2.24) is 9.97 Å². The number of hydrazone groups is 1. The first-order valence-corrected chi connectivity index (χ1v) is 7.12. The van der Waals surface area contributed by atoms with Gasteiger partial charge in [0.25, 0.3) is 0 Å². The molecule has 0 saturated carbocycles. The monoisotopic (exact) mass is 282 g/mol. The molecule has 2 heterocycles. The second kappa shape index (κ2) is 5.38. The normalized spacial score (nSPS) is 11.3. The minimum absolute atomic E-state index is 0.754. The summed E-state index contributed by atoms with van der Waals surface area (Å²) < 4.78 is 0. The molecule has 5 heteroatoms. The Labute approximate surface area is 121 Å². The first kappa shape index (κ1) is 12.7. The van der Waals surface area contributed by atoms with Crippen LogP contribution in [-0.4, -0.2) is 16.2 Å². The number of nitrogens with one attached hydrogen (secondary N) is 1. The Morgan fingerprint density at radius 3 is 2.75 bits per heavy atom. The van der Waals surface area contributed by atoms with Gasteiger partial charge in [-0.1, -0.05) is 30.3 Å². The fourth-order valence-corrected chi connectivity index (χ4v) is 2.97. The van der Waals surface area contributed by atoms with Crippen LogP contribution in [0.2, 0.25) is 0 Å². The second-order valence-electron chi connectivity index (χ2n) is 4.47. The van der Waals surface area contributed by atoms with Crippen molar-refractivity contribution in [3.8, 4) is 0 Å². The Hall–Kier alpha value is -2.27. The van der Waals surface area contributed by atoms with Gasteiger partial charge in [-0.25, -0.2) is 9.97 Å². The summed E-state index contributed by atoms with van der Waals surface area (Å²) in [7, 11) is 0. The zero-order valence-corrected chi connectivity index (χ0v) is 12.1. The molecule has 0 aliphatic rings. The van der Waals surface area contributed by atoms with Crippen molar-refractivity contribution in [2.24, 2.45) is 5.10 Å². The summed E-state index contributed by atoms with van der Waals surface area (Å²) in [6.07, 6.45) is 3.35. The smallest absolute Gasteiger partial charge is 0.158 e. The van der Waals surface area contributed by atoms with Crippen LogP contribution in [0.3, 0.4) is 0 Å². The van der Waals surface area contributed by atoms with Crippen LogP contribution in [0.15, 0.2) is 41.8 Å². The topological polar surface area (TPSA) is 50.2 Å². The molecule has 0 unspecified atom stereocenters. The van der Waals surface area contributed by atoms with E-state index in [2.05, 4.69) is 34.3 Å². The van der Waals surface area contributed by atoms with Gasteiger partial charge in [-0.05, 0) is 25.0 Å². The third kappa shape index (κ3) is 2.40. The van der Waals surface area contributed by atoms with Gasteiger partial charge < -0.3 is 0 Å². The van der Waals surface area contributed by atoms with Crippen molar-refractivity contribution in [1.29, 1.82) is 0 Å². The number of benzene rings is 1. The average molecular weight is 282 g/mol. The van der Waals surface area contributed by atoms with Gasteiger partial charge in [-0.2, -0.15) is 5.10 Å². The minimum Gasteiger partial charge on any atom is -0.261 e. The highest BCUT2D eigenvalue weighted by Gasteiger charge is 2.10. The molecule has 1 aromatic carbocycles. The molecular weight excluding hydrogens is 268 g/mol. The number of rotatable bonds is 3. The lowest BCUT2D eigenvalue weighted by Crippen LogP contribution is -1.95. The Morgan fingerprint density at radius 2 is 1.95 bits per heavy atom. The number of hydrogen-bond donors (Lipinski definition) is 1. The highest BCUT2D eigenvalue weighted by Crippen LogP contribution is 2.32. The van der Waals surface area contributed by atoms with Crippen LogP contribution in [-0.2, 0) is 0 Å². The molecule has 3 aromatic rings. The second-order valence-corrected chi connectivity index (χ2v) is 5.67. The summed E-state index contributed by atoms with van der Waals surface area (Å²) in [5, 5.41) is 5.31. The van der Waals surface area contributed by atoms with E-state index in [0.29, 0.717) is 0 Å². The van der Waals surface area contributed by atoms with Crippen molar-refractivity contribution in [2.45, 2.75) is 13.8 Å². The first-order valence-electron chi connectivity index (χ1n) is 6.30. The lowest BCUT2D eigenvalue weighted by molar-refractivity contribution is 1.19. The molecule has 0 aliphatic heterocycles. The number of thiophene rings is 1. The maximum Gasteiger partial charge on any atom is 0.158 e. The molecule has 0 amide bonds. The molecular formula is C15H14N4S. The van der Waals surface area contributed by atoms with E-state index >= 15 is 0 Å². The van der Waals surface area contributed by atoms with E-state index in [0.717, 1.165) is 21.6 Å². The van der Waals surface area contributed by atoms with E-state index in [4.69, 9.17) is 0 Å². The lowest BCUT2D eigenvalue weighted by Gasteiger charge is -2.01. The zero-order chi connectivity index (χ0) is 13.9. The summed E-state index contributed by atoms with van der Waals surface area (Å²) in [6.45, 7) is 4.18. The van der Waals surface area contributed by atoms with Crippen molar-refractivity contribution < 1.29 is 0 Å². The van der Waals surface area contributed by atoms with Crippen molar-refractivity contribution >= 4 is 33.6 Å². The van der Waals surface area contributed by atoms with Crippen LogP contribution in [0.1, 0.15) is 16.0 Å². The first-order chi connectivity index (χ1) is 9.75. The molecule has 4 nitrogen and oxygen atoms in total. The minimum atomic E-state index is 0.754. The van der Waals surface area contributed by atoms with E-state index in [9.17, 15) is 0 Å². The summed E-state index contributed by atoms with van der Waals surface area (Å²) in [6, 6.07) is 9.95. The Balaban J connectivity index is 1.90. The van der Waals surface area contributed by atoms with Gasteiger partial charge in [0.05, 0.1) is 11.6 Å². The van der Waals surface area contributed by atoms with E-state index in [1.54, 1.807) is 23.9 Å². The van der Waals surface area contributed by atoms with Gasteiger partial charge >= 0.3 is 0 Å². The van der Waals surface area contributed by atoms with Gasteiger partial charge in [-0.3, -0.25) is 5.43 Å². The SMILES string of the molecule is Cc1sc2ncnc(N/N=C/c3ccccc3)c2c1C. The van der Waals surface area contributed by atoms with Crippen molar-refractivity contribution in [3.05, 3.63) is 52.7 Å². The molecule has 20 heavy (non-hydrogen) atoms. The van der Waals surface area contributed by atoms with E-state index in [-0.39, 0.29) is 0 Å². The zero-order valence-electron chi connectivity index (χ0n) is 11.3. The van der Waals surface area contributed by atoms with Crippen LogP contribution in [0.4, 0.5) is 5.82 Å². The predicted octanol–water partition coefficient (Wildman–Crippen LogP) is 3.75. The maximum absolute atomic E-state index is 4.31. The fourth-order valence-electron chi connectivity index (χ4n) is 1.97. The van der Waals surface area contributed by atoms with E-state index in [1.807, 2.05) is 30.3 Å². The van der Waals surface area contributed by atoms with Gasteiger partial charge in [0.1, 0.15) is 11.2 Å².